The van der Waals surface area contributed by atoms with Crippen molar-refractivity contribution in [1.29, 1.82) is 0 Å². The topological polar surface area (TPSA) is 39.3 Å². The Kier molecular flexibility index (Phi) is 4.38. The first-order valence-electron chi connectivity index (χ1n) is 6.60. The third kappa shape index (κ3) is 3.72. The van der Waals surface area contributed by atoms with Crippen LogP contribution in [0.2, 0.25) is 0 Å². The Labute approximate surface area is 137 Å². The van der Waals surface area contributed by atoms with Crippen molar-refractivity contribution in [1.82, 2.24) is 10.3 Å². The van der Waals surface area contributed by atoms with Crippen molar-refractivity contribution >= 4 is 44.6 Å². The minimum Gasteiger partial charge on any atom is -0.348 e. The van der Waals surface area contributed by atoms with Crippen LogP contribution in [0.1, 0.15) is 5.56 Å². The maximum Gasteiger partial charge on any atom is 0.171 e. The van der Waals surface area contributed by atoms with Gasteiger partial charge in [-0.1, -0.05) is 34.1 Å². The van der Waals surface area contributed by atoms with Gasteiger partial charge in [0.1, 0.15) is 0 Å². The Hall–Kier alpha value is -1.63. The minimum absolute atomic E-state index is 0.611. The van der Waals surface area contributed by atoms with Crippen molar-refractivity contribution in [3.8, 4) is 0 Å². The second-order valence-electron chi connectivity index (χ2n) is 4.77. The van der Waals surface area contributed by atoms with Crippen LogP contribution in [0.5, 0.6) is 0 Å². The van der Waals surface area contributed by atoms with Gasteiger partial charge < -0.3 is 16.1 Å². The first-order chi connectivity index (χ1) is 10.2. The number of rotatable bonds is 3. The number of para-hydroxylation sites is 1. The smallest absolute Gasteiger partial charge is 0.171 e. The average Bonchev–Trinajstić information content (AvgIpc) is 2.88. The Morgan fingerprint density at radius 2 is 2.05 bits per heavy atom. The van der Waals surface area contributed by atoms with Gasteiger partial charge in [0, 0.05) is 16.7 Å². The van der Waals surface area contributed by atoms with Gasteiger partial charge in [0.25, 0.3) is 0 Å². The highest BCUT2D eigenvalue weighted by atomic mass is 79.9. The summed E-state index contributed by atoms with van der Waals surface area (Å²) in [4.78, 5) is 0. The molecule has 21 heavy (non-hydrogen) atoms. The zero-order valence-electron chi connectivity index (χ0n) is 11.3. The van der Waals surface area contributed by atoms with E-state index >= 15 is 0 Å². The molecule has 0 unspecified atom stereocenters. The van der Waals surface area contributed by atoms with E-state index in [1.54, 1.807) is 0 Å². The Morgan fingerprint density at radius 3 is 2.86 bits per heavy atom. The molecular formula is C15H15BrN4S. The molecule has 1 aliphatic heterocycles. The van der Waals surface area contributed by atoms with Gasteiger partial charge in [-0.25, -0.2) is 0 Å². The van der Waals surface area contributed by atoms with Gasteiger partial charge in [0.15, 0.2) is 5.11 Å². The highest BCUT2D eigenvalue weighted by Crippen LogP contribution is 2.27. The Bertz CT molecular complexity index is 647. The van der Waals surface area contributed by atoms with Crippen molar-refractivity contribution in [3.05, 3.63) is 58.6 Å². The molecule has 0 atom stereocenters. The molecule has 0 bridgehead atoms. The predicted molar refractivity (Wildman–Crippen MR) is 94.0 cm³/mol. The van der Waals surface area contributed by atoms with E-state index in [2.05, 4.69) is 49.1 Å². The number of benzene rings is 2. The Balaban J connectivity index is 1.50. The fourth-order valence-corrected chi connectivity index (χ4v) is 2.77. The van der Waals surface area contributed by atoms with E-state index in [1.807, 2.05) is 36.4 Å². The van der Waals surface area contributed by atoms with Crippen LogP contribution in [0.15, 0.2) is 53.0 Å². The normalized spacial score (nSPS) is 13.4. The van der Waals surface area contributed by atoms with Gasteiger partial charge in [-0.3, -0.25) is 0 Å². The van der Waals surface area contributed by atoms with Gasteiger partial charge in [-0.15, -0.1) is 0 Å². The van der Waals surface area contributed by atoms with Gasteiger partial charge in [0.2, 0.25) is 0 Å². The molecule has 1 heterocycles. The van der Waals surface area contributed by atoms with Crippen molar-refractivity contribution in [2.24, 2.45) is 0 Å². The van der Waals surface area contributed by atoms with E-state index < -0.39 is 0 Å². The standard InChI is InChI=1S/C15H15BrN4S/c16-12-6-7-14-11(8-12)9-20(19-14)10-17-15(21)18-13-4-2-1-3-5-13/h1-8,19H,9-10H2,(H2,17,18,21). The lowest BCUT2D eigenvalue weighted by atomic mass is 10.2. The zero-order chi connectivity index (χ0) is 14.7. The molecule has 0 aliphatic carbocycles. The summed E-state index contributed by atoms with van der Waals surface area (Å²) >= 11 is 8.79. The van der Waals surface area contributed by atoms with Crippen molar-refractivity contribution < 1.29 is 0 Å². The maximum atomic E-state index is 5.29. The third-order valence-electron chi connectivity index (χ3n) is 3.17. The second kappa shape index (κ2) is 6.43. The van der Waals surface area contributed by atoms with Crippen LogP contribution >= 0.6 is 28.1 Å². The number of thiocarbonyl (C=S) groups is 1. The number of halogens is 1. The molecule has 4 nitrogen and oxygen atoms in total. The fraction of sp³-hybridized carbons (Fsp3) is 0.133. The first-order valence-corrected chi connectivity index (χ1v) is 7.81. The maximum absolute atomic E-state index is 5.29. The number of hydrazine groups is 1. The molecule has 0 amide bonds. The zero-order valence-corrected chi connectivity index (χ0v) is 13.7. The summed E-state index contributed by atoms with van der Waals surface area (Å²) in [6.07, 6.45) is 0. The molecule has 0 saturated carbocycles. The van der Waals surface area contributed by atoms with E-state index in [1.165, 1.54) is 5.56 Å². The number of anilines is 2. The van der Waals surface area contributed by atoms with Crippen molar-refractivity contribution in [2.45, 2.75) is 6.54 Å². The van der Waals surface area contributed by atoms with E-state index in [0.717, 1.165) is 22.4 Å². The number of nitrogens with one attached hydrogen (secondary N) is 3. The summed E-state index contributed by atoms with van der Waals surface area (Å²) in [6.45, 7) is 1.47. The van der Waals surface area contributed by atoms with Crippen LogP contribution in [-0.4, -0.2) is 16.8 Å². The molecule has 0 saturated heterocycles. The number of hydrogen-bond donors (Lipinski definition) is 3. The van der Waals surface area contributed by atoms with E-state index in [0.29, 0.717) is 11.8 Å². The highest BCUT2D eigenvalue weighted by Gasteiger charge is 2.17. The van der Waals surface area contributed by atoms with Crippen molar-refractivity contribution in [3.63, 3.8) is 0 Å². The SMILES string of the molecule is S=C(NCN1Cc2cc(Br)ccc2N1)Nc1ccccc1. The number of hydrogen-bond acceptors (Lipinski definition) is 3. The summed E-state index contributed by atoms with van der Waals surface area (Å²) in [5.74, 6) is 0. The molecule has 0 fully saturated rings. The number of fused-ring (bicyclic) bond motifs is 1. The lowest BCUT2D eigenvalue weighted by Crippen LogP contribution is -2.39. The molecule has 2 aromatic rings. The summed E-state index contributed by atoms with van der Waals surface area (Å²) in [5.41, 5.74) is 6.74. The van der Waals surface area contributed by atoms with Crippen LogP contribution in [-0.2, 0) is 6.54 Å². The molecule has 1 aliphatic rings. The molecule has 0 aromatic heterocycles. The largest absolute Gasteiger partial charge is 0.348 e. The average molecular weight is 363 g/mol. The molecule has 3 N–H and O–H groups in total. The molecule has 6 heteroatoms. The third-order valence-corrected chi connectivity index (χ3v) is 3.91. The molecule has 0 spiro atoms. The quantitative estimate of drug-likeness (QED) is 0.728. The summed E-state index contributed by atoms with van der Waals surface area (Å²) in [5, 5.41) is 9.04. The van der Waals surface area contributed by atoms with Crippen molar-refractivity contribution in [2.75, 3.05) is 17.4 Å². The molecular weight excluding hydrogens is 348 g/mol. The van der Waals surface area contributed by atoms with E-state index in [9.17, 15) is 0 Å². The fourth-order valence-electron chi connectivity index (χ4n) is 2.18. The highest BCUT2D eigenvalue weighted by molar-refractivity contribution is 9.10. The predicted octanol–water partition coefficient (Wildman–Crippen LogP) is 3.54. The van der Waals surface area contributed by atoms with Gasteiger partial charge in [-0.05, 0) is 48.1 Å². The van der Waals surface area contributed by atoms with Crippen LogP contribution in [0.4, 0.5) is 11.4 Å². The summed E-state index contributed by atoms with van der Waals surface area (Å²) in [7, 11) is 0. The lowest BCUT2D eigenvalue weighted by molar-refractivity contribution is 0.337. The lowest BCUT2D eigenvalue weighted by Gasteiger charge is -2.18. The Morgan fingerprint density at radius 1 is 1.24 bits per heavy atom. The van der Waals surface area contributed by atoms with Crippen LogP contribution in [0.3, 0.4) is 0 Å². The van der Waals surface area contributed by atoms with Crippen LogP contribution in [0.25, 0.3) is 0 Å². The second-order valence-corrected chi connectivity index (χ2v) is 6.09. The van der Waals surface area contributed by atoms with Crippen LogP contribution < -0.4 is 16.1 Å². The molecule has 108 valence electrons. The summed E-state index contributed by atoms with van der Waals surface area (Å²) in [6, 6.07) is 16.1. The van der Waals surface area contributed by atoms with E-state index in [4.69, 9.17) is 12.2 Å². The number of nitrogens with zero attached hydrogens (tertiary/aromatic N) is 1. The molecule has 3 rings (SSSR count). The molecule has 2 aromatic carbocycles. The monoisotopic (exact) mass is 362 g/mol. The molecule has 0 radical (unpaired) electrons. The van der Waals surface area contributed by atoms with Crippen LogP contribution in [0, 0.1) is 0 Å². The summed E-state index contributed by atoms with van der Waals surface area (Å²) < 4.78 is 1.10. The van der Waals surface area contributed by atoms with E-state index in [-0.39, 0.29) is 0 Å². The minimum atomic E-state index is 0.611. The van der Waals surface area contributed by atoms with Gasteiger partial charge in [0.05, 0.1) is 12.4 Å². The first kappa shape index (κ1) is 14.3. The van der Waals surface area contributed by atoms with Gasteiger partial charge >= 0.3 is 0 Å². The van der Waals surface area contributed by atoms with Gasteiger partial charge in [-0.2, -0.15) is 5.01 Å².